The van der Waals surface area contributed by atoms with Gasteiger partial charge in [-0.25, -0.2) is 0 Å². The highest BCUT2D eigenvalue weighted by atomic mass is 15.0. The highest BCUT2D eigenvalue weighted by Gasteiger charge is 2.12. The molecule has 0 aliphatic rings. The van der Waals surface area contributed by atoms with Crippen LogP contribution in [0.3, 0.4) is 0 Å². The molecule has 0 aliphatic heterocycles. The molecule has 0 aromatic carbocycles. The van der Waals surface area contributed by atoms with Gasteiger partial charge in [0.25, 0.3) is 0 Å². The van der Waals surface area contributed by atoms with E-state index in [0.29, 0.717) is 23.9 Å². The highest BCUT2D eigenvalue weighted by molar-refractivity contribution is 5.02. The zero-order chi connectivity index (χ0) is 18.7. The van der Waals surface area contributed by atoms with Crippen LogP contribution in [0, 0.1) is 11.8 Å². The smallest absolute Gasteiger partial charge is 0.0484 e. The van der Waals surface area contributed by atoms with E-state index >= 15 is 0 Å². The van der Waals surface area contributed by atoms with Gasteiger partial charge in [-0.15, -0.1) is 6.58 Å². The predicted molar refractivity (Wildman–Crippen MR) is 106 cm³/mol. The second kappa shape index (κ2) is 22.5. The largest absolute Gasteiger partial charge is 0.391 e. The molecule has 0 radical (unpaired) electrons. The summed E-state index contributed by atoms with van der Waals surface area (Å²) in [6, 6.07) is 0.847. The Morgan fingerprint density at radius 1 is 0.818 bits per heavy atom. The predicted octanol–water partition coefficient (Wildman–Crippen LogP) is 4.43. The molecule has 3 heteroatoms. The minimum absolute atomic E-state index is 0.380. The minimum Gasteiger partial charge on any atom is -0.391 e. The van der Waals surface area contributed by atoms with Crippen LogP contribution in [0.25, 0.3) is 0 Å². The maximum atomic E-state index is 3.89. The first kappa shape index (κ1) is 29.2. The molecule has 0 saturated carbocycles. The number of likely N-dealkylation sites (N-methyl/N-ethyl adjacent to an activating group) is 3. The molecule has 3 nitrogen and oxygen atoms in total. The van der Waals surface area contributed by atoms with Gasteiger partial charge in [0, 0.05) is 24.8 Å². The van der Waals surface area contributed by atoms with Crippen molar-refractivity contribution in [3.63, 3.8) is 0 Å². The summed E-state index contributed by atoms with van der Waals surface area (Å²) >= 11 is 0. The van der Waals surface area contributed by atoms with E-state index in [1.165, 1.54) is 0 Å². The van der Waals surface area contributed by atoms with Crippen molar-refractivity contribution < 1.29 is 0 Å². The molecule has 2 atom stereocenters. The fraction of sp³-hybridized carbons (Fsp3) is 0.789. The van der Waals surface area contributed by atoms with Crippen molar-refractivity contribution in [1.29, 1.82) is 0 Å². The van der Waals surface area contributed by atoms with Crippen molar-refractivity contribution in [2.24, 2.45) is 11.8 Å². The SMILES string of the molecule is C=C(NC)C(NC)C(C)C.C=CC(NC)C(C)C.CC.CC. The van der Waals surface area contributed by atoms with Crippen LogP contribution in [0.5, 0.6) is 0 Å². The van der Waals surface area contributed by atoms with Crippen molar-refractivity contribution in [2.45, 2.75) is 67.5 Å². The normalized spacial score (nSPS) is 11.7. The Balaban J connectivity index is -0.000000121. The molecule has 3 N–H and O–H groups in total. The van der Waals surface area contributed by atoms with Crippen LogP contribution in [-0.2, 0) is 0 Å². The zero-order valence-corrected chi connectivity index (χ0v) is 17.3. The van der Waals surface area contributed by atoms with Gasteiger partial charge in [0.15, 0.2) is 0 Å². The van der Waals surface area contributed by atoms with Gasteiger partial charge in [0.05, 0.1) is 0 Å². The van der Waals surface area contributed by atoms with Gasteiger partial charge in [-0.1, -0.05) is 68.0 Å². The Bertz CT molecular complexity index is 223. The molecule has 0 heterocycles. The second-order valence-corrected chi connectivity index (χ2v) is 5.08. The topological polar surface area (TPSA) is 36.1 Å². The van der Waals surface area contributed by atoms with E-state index in [9.17, 15) is 0 Å². The Hall–Kier alpha value is -0.800. The molecule has 0 aliphatic carbocycles. The molecule has 22 heavy (non-hydrogen) atoms. The molecule has 0 bridgehead atoms. The molecule has 2 unspecified atom stereocenters. The number of hydrogen-bond donors (Lipinski definition) is 3. The van der Waals surface area contributed by atoms with Gasteiger partial charge in [0.1, 0.15) is 0 Å². The van der Waals surface area contributed by atoms with Gasteiger partial charge in [0.2, 0.25) is 0 Å². The summed E-state index contributed by atoms with van der Waals surface area (Å²) in [4.78, 5) is 0. The molecular formula is C19H45N3. The van der Waals surface area contributed by atoms with Crippen LogP contribution in [0.15, 0.2) is 24.9 Å². The van der Waals surface area contributed by atoms with Gasteiger partial charge in [-0.2, -0.15) is 0 Å². The summed E-state index contributed by atoms with van der Waals surface area (Å²) in [6.45, 7) is 24.3. The quantitative estimate of drug-likeness (QED) is 0.608. The van der Waals surface area contributed by atoms with E-state index in [1.807, 2.05) is 54.9 Å². The number of hydrogen-bond acceptors (Lipinski definition) is 3. The number of rotatable bonds is 7. The highest BCUT2D eigenvalue weighted by Crippen LogP contribution is 2.06. The summed E-state index contributed by atoms with van der Waals surface area (Å²) in [5.41, 5.74) is 1.05. The third kappa shape index (κ3) is 17.3. The molecule has 136 valence electrons. The van der Waals surface area contributed by atoms with Crippen molar-refractivity contribution in [3.05, 3.63) is 24.9 Å². The lowest BCUT2D eigenvalue weighted by molar-refractivity contribution is 0.463. The molecule has 0 aromatic rings. The maximum absolute atomic E-state index is 3.89. The van der Waals surface area contributed by atoms with Gasteiger partial charge < -0.3 is 16.0 Å². The average molecular weight is 316 g/mol. The third-order valence-electron chi connectivity index (χ3n) is 2.98. The lowest BCUT2D eigenvalue weighted by Crippen LogP contribution is -2.36. The van der Waals surface area contributed by atoms with Crippen LogP contribution in [0.1, 0.15) is 55.4 Å². The first-order valence-corrected chi connectivity index (χ1v) is 8.69. The lowest BCUT2D eigenvalue weighted by atomic mass is 10.0. The average Bonchev–Trinajstić information content (AvgIpc) is 2.52. The molecule has 0 amide bonds. The summed E-state index contributed by atoms with van der Waals surface area (Å²) in [7, 11) is 5.80. The Kier molecular flexibility index (Phi) is 29.9. The monoisotopic (exact) mass is 315 g/mol. The first-order valence-electron chi connectivity index (χ1n) is 8.69. The van der Waals surface area contributed by atoms with E-state index in [4.69, 9.17) is 0 Å². The van der Waals surface area contributed by atoms with E-state index < -0.39 is 0 Å². The molecule has 0 saturated heterocycles. The van der Waals surface area contributed by atoms with Crippen molar-refractivity contribution >= 4 is 0 Å². The Morgan fingerprint density at radius 3 is 1.27 bits per heavy atom. The Morgan fingerprint density at radius 2 is 1.23 bits per heavy atom. The summed E-state index contributed by atoms with van der Waals surface area (Å²) in [5.74, 6) is 1.24. The molecular weight excluding hydrogens is 270 g/mol. The summed E-state index contributed by atoms with van der Waals surface area (Å²) in [5, 5.41) is 9.36. The zero-order valence-electron chi connectivity index (χ0n) is 17.3. The fourth-order valence-corrected chi connectivity index (χ4v) is 1.79. The molecule has 0 fully saturated rings. The fourth-order valence-electron chi connectivity index (χ4n) is 1.79. The van der Waals surface area contributed by atoms with Crippen LogP contribution in [-0.4, -0.2) is 33.2 Å². The van der Waals surface area contributed by atoms with E-state index in [2.05, 4.69) is 56.8 Å². The standard InChI is InChI=1S/C8H18N2.C7H15N.2C2H6/c1-6(2)8(10-5)7(3)9-4;1-5-7(8-4)6(2)3;2*1-2/h6,8-10H,3H2,1-2,4-5H3;5-8H,1H2,2-4H3;2*1-2H3. The maximum Gasteiger partial charge on any atom is 0.0484 e. The van der Waals surface area contributed by atoms with Crippen LogP contribution in [0.4, 0.5) is 0 Å². The molecule has 0 spiro atoms. The first-order chi connectivity index (χ1) is 10.3. The van der Waals surface area contributed by atoms with Crippen molar-refractivity contribution in [3.8, 4) is 0 Å². The van der Waals surface area contributed by atoms with Gasteiger partial charge >= 0.3 is 0 Å². The van der Waals surface area contributed by atoms with E-state index in [1.54, 1.807) is 0 Å². The van der Waals surface area contributed by atoms with Gasteiger partial charge in [-0.05, 0) is 25.9 Å². The minimum atomic E-state index is 0.380. The van der Waals surface area contributed by atoms with E-state index in [0.717, 1.165) is 5.70 Å². The van der Waals surface area contributed by atoms with Crippen molar-refractivity contribution in [1.82, 2.24) is 16.0 Å². The van der Waals surface area contributed by atoms with E-state index in [-0.39, 0.29) is 0 Å². The Labute approximate surface area is 142 Å². The number of nitrogens with one attached hydrogen (secondary N) is 3. The third-order valence-corrected chi connectivity index (χ3v) is 2.98. The summed E-state index contributed by atoms with van der Waals surface area (Å²) in [6.07, 6.45) is 1.94. The van der Waals surface area contributed by atoms with Gasteiger partial charge in [-0.3, -0.25) is 0 Å². The summed E-state index contributed by atoms with van der Waals surface area (Å²) < 4.78 is 0. The molecule has 0 aromatic heterocycles. The van der Waals surface area contributed by atoms with Crippen molar-refractivity contribution in [2.75, 3.05) is 21.1 Å². The van der Waals surface area contributed by atoms with Crippen LogP contribution in [0.2, 0.25) is 0 Å². The second-order valence-electron chi connectivity index (χ2n) is 5.08. The van der Waals surface area contributed by atoms with Crippen LogP contribution >= 0.6 is 0 Å². The van der Waals surface area contributed by atoms with Crippen LogP contribution < -0.4 is 16.0 Å². The lowest BCUT2D eigenvalue weighted by Gasteiger charge is -2.22. The molecule has 0 rings (SSSR count).